The van der Waals surface area contributed by atoms with Gasteiger partial charge in [0.1, 0.15) is 0 Å². The number of amides is 3. The number of hydrogen-bond donors (Lipinski definition) is 2. The van der Waals surface area contributed by atoms with Gasteiger partial charge in [0.05, 0.1) is 0 Å². The molecule has 0 radical (unpaired) electrons. The van der Waals surface area contributed by atoms with Crippen LogP contribution >= 0.6 is 0 Å². The van der Waals surface area contributed by atoms with E-state index in [0.29, 0.717) is 31.5 Å². The number of carbonyl (C=O) groups excluding carboxylic acids is 2. The van der Waals surface area contributed by atoms with Crippen molar-refractivity contribution in [2.24, 2.45) is 5.92 Å². The van der Waals surface area contributed by atoms with Crippen molar-refractivity contribution in [1.29, 1.82) is 0 Å². The molecule has 1 saturated carbocycles. The van der Waals surface area contributed by atoms with Gasteiger partial charge < -0.3 is 15.5 Å². The van der Waals surface area contributed by atoms with Crippen LogP contribution in [0.1, 0.15) is 50.5 Å². The summed E-state index contributed by atoms with van der Waals surface area (Å²) < 4.78 is 0. The number of carbonyl (C=O) groups is 2. The van der Waals surface area contributed by atoms with Crippen molar-refractivity contribution in [3.8, 4) is 0 Å². The van der Waals surface area contributed by atoms with Crippen molar-refractivity contribution in [1.82, 2.24) is 15.5 Å². The molecule has 1 heterocycles. The average Bonchev–Trinajstić information content (AvgIpc) is 2.66. The topological polar surface area (TPSA) is 61.4 Å². The highest BCUT2D eigenvalue weighted by molar-refractivity contribution is 5.78. The molecule has 2 fully saturated rings. The quantitative estimate of drug-likeness (QED) is 0.863. The second kappa shape index (κ2) is 8.88. The molecular formula is C20H29N3O2. The number of urea groups is 1. The summed E-state index contributed by atoms with van der Waals surface area (Å²) in [4.78, 5) is 26.5. The number of nitrogens with one attached hydrogen (secondary N) is 2. The minimum Gasteiger partial charge on any atom is -0.339 e. The summed E-state index contributed by atoms with van der Waals surface area (Å²) in [5.41, 5.74) is 1.06. The Morgan fingerprint density at radius 2 is 1.76 bits per heavy atom. The number of hydrogen-bond acceptors (Lipinski definition) is 2. The van der Waals surface area contributed by atoms with Gasteiger partial charge in [-0.05, 0) is 37.2 Å². The van der Waals surface area contributed by atoms with Gasteiger partial charge in [-0.15, -0.1) is 0 Å². The molecule has 1 aliphatic heterocycles. The van der Waals surface area contributed by atoms with Crippen molar-refractivity contribution >= 4 is 11.9 Å². The first kappa shape index (κ1) is 17.8. The van der Waals surface area contributed by atoms with E-state index in [0.717, 1.165) is 24.9 Å². The Labute approximate surface area is 150 Å². The number of likely N-dealkylation sites (tertiary alicyclic amines) is 1. The van der Waals surface area contributed by atoms with Gasteiger partial charge in [0.15, 0.2) is 0 Å². The summed E-state index contributed by atoms with van der Waals surface area (Å²) in [6.07, 6.45) is 7.77. The maximum absolute atomic E-state index is 12.6. The monoisotopic (exact) mass is 343 g/mol. The fraction of sp³-hybridized carbons (Fsp3) is 0.600. The zero-order valence-corrected chi connectivity index (χ0v) is 14.9. The van der Waals surface area contributed by atoms with E-state index in [4.69, 9.17) is 0 Å². The van der Waals surface area contributed by atoms with Gasteiger partial charge in [-0.25, -0.2) is 4.79 Å². The van der Waals surface area contributed by atoms with Crippen molar-refractivity contribution in [2.45, 2.75) is 57.5 Å². The zero-order valence-electron chi connectivity index (χ0n) is 14.9. The molecule has 2 atom stereocenters. The molecule has 1 aromatic carbocycles. The summed E-state index contributed by atoms with van der Waals surface area (Å²) in [7, 11) is 0. The second-order valence-corrected chi connectivity index (χ2v) is 7.19. The third-order valence-corrected chi connectivity index (χ3v) is 5.48. The molecule has 5 heteroatoms. The van der Waals surface area contributed by atoms with Crippen molar-refractivity contribution in [3.05, 3.63) is 35.9 Å². The van der Waals surface area contributed by atoms with Gasteiger partial charge in [0, 0.05) is 32.1 Å². The molecule has 0 bridgehead atoms. The molecule has 1 saturated heterocycles. The number of nitrogens with zero attached hydrogens (tertiary/aromatic N) is 1. The van der Waals surface area contributed by atoms with E-state index in [1.165, 1.54) is 25.7 Å². The molecule has 2 aliphatic rings. The van der Waals surface area contributed by atoms with E-state index in [2.05, 4.69) is 15.5 Å². The Hall–Kier alpha value is -2.04. The number of benzene rings is 1. The molecule has 2 unspecified atom stereocenters. The first-order chi connectivity index (χ1) is 12.2. The zero-order chi connectivity index (χ0) is 17.5. The first-order valence-corrected chi connectivity index (χ1v) is 9.59. The van der Waals surface area contributed by atoms with Crippen LogP contribution in [-0.4, -0.2) is 36.0 Å². The number of piperidine rings is 1. The van der Waals surface area contributed by atoms with Crippen LogP contribution in [0.4, 0.5) is 4.79 Å². The minimum absolute atomic E-state index is 0.194. The van der Waals surface area contributed by atoms with Crippen molar-refractivity contribution < 1.29 is 9.59 Å². The summed E-state index contributed by atoms with van der Waals surface area (Å²) in [6.45, 7) is 1.78. The Balaban J connectivity index is 1.37. The van der Waals surface area contributed by atoms with Gasteiger partial charge in [0.2, 0.25) is 5.91 Å². The minimum atomic E-state index is -0.217. The van der Waals surface area contributed by atoms with Gasteiger partial charge in [-0.2, -0.15) is 0 Å². The highest BCUT2D eigenvalue weighted by Gasteiger charge is 2.35. The summed E-state index contributed by atoms with van der Waals surface area (Å²) >= 11 is 0. The summed E-state index contributed by atoms with van der Waals surface area (Å²) in [6, 6.07) is 10.0. The fourth-order valence-corrected chi connectivity index (χ4v) is 4.20. The molecule has 1 aromatic rings. The van der Waals surface area contributed by atoms with Crippen LogP contribution in [0.15, 0.2) is 30.3 Å². The normalized spacial score (nSPS) is 22.8. The standard InChI is InChI=1S/C20H29N3O2/c24-19(23-14-6-10-17-9-4-5-11-18(17)23)12-13-21-20(25)22-15-16-7-2-1-3-8-16/h1-3,7-8,17-18H,4-6,9-15H2,(H2,21,22,25). The number of fused-ring (bicyclic) bond motifs is 1. The summed E-state index contributed by atoms with van der Waals surface area (Å²) in [5.74, 6) is 0.897. The van der Waals surface area contributed by atoms with E-state index >= 15 is 0 Å². The third-order valence-electron chi connectivity index (χ3n) is 5.48. The Morgan fingerprint density at radius 3 is 2.60 bits per heavy atom. The second-order valence-electron chi connectivity index (χ2n) is 7.19. The predicted octanol–water partition coefficient (Wildman–Crippen LogP) is 3.06. The number of rotatable bonds is 5. The molecule has 2 N–H and O–H groups in total. The molecule has 136 valence electrons. The van der Waals surface area contributed by atoms with Crippen LogP contribution in [0, 0.1) is 5.92 Å². The van der Waals surface area contributed by atoms with Crippen molar-refractivity contribution in [2.75, 3.05) is 13.1 Å². The lowest BCUT2D eigenvalue weighted by molar-refractivity contribution is -0.137. The lowest BCUT2D eigenvalue weighted by Crippen LogP contribution is -2.50. The molecule has 1 aliphatic carbocycles. The Kier molecular flexibility index (Phi) is 6.31. The smallest absolute Gasteiger partial charge is 0.315 e. The molecule has 25 heavy (non-hydrogen) atoms. The first-order valence-electron chi connectivity index (χ1n) is 9.59. The average molecular weight is 343 g/mol. The fourth-order valence-electron chi connectivity index (χ4n) is 4.20. The Bertz CT molecular complexity index is 574. The molecule has 3 amide bonds. The van der Waals surface area contributed by atoms with E-state index in [9.17, 15) is 9.59 Å². The molecule has 0 aromatic heterocycles. The molecule has 5 nitrogen and oxygen atoms in total. The van der Waals surface area contributed by atoms with E-state index in [1.807, 2.05) is 30.3 Å². The highest BCUT2D eigenvalue weighted by atomic mass is 16.2. The summed E-state index contributed by atoms with van der Waals surface area (Å²) in [5, 5.41) is 5.62. The predicted molar refractivity (Wildman–Crippen MR) is 98.0 cm³/mol. The van der Waals surface area contributed by atoms with E-state index < -0.39 is 0 Å². The van der Waals surface area contributed by atoms with Crippen LogP contribution in [0.5, 0.6) is 0 Å². The lowest BCUT2D eigenvalue weighted by atomic mass is 9.78. The van der Waals surface area contributed by atoms with Crippen LogP contribution in [0.3, 0.4) is 0 Å². The van der Waals surface area contributed by atoms with Crippen molar-refractivity contribution in [3.63, 3.8) is 0 Å². The van der Waals surface area contributed by atoms with Gasteiger partial charge in [0.25, 0.3) is 0 Å². The van der Waals surface area contributed by atoms with E-state index in [1.54, 1.807) is 0 Å². The maximum Gasteiger partial charge on any atom is 0.315 e. The maximum atomic E-state index is 12.6. The SMILES string of the molecule is O=C(NCCC(=O)N1CCCC2CCCCC21)NCc1ccccc1. The lowest BCUT2D eigenvalue weighted by Gasteiger charge is -2.44. The highest BCUT2D eigenvalue weighted by Crippen LogP contribution is 2.35. The Morgan fingerprint density at radius 1 is 1.00 bits per heavy atom. The van der Waals surface area contributed by atoms with Crippen LogP contribution in [0.25, 0.3) is 0 Å². The third kappa shape index (κ3) is 4.97. The van der Waals surface area contributed by atoms with Crippen LogP contribution in [0.2, 0.25) is 0 Å². The van der Waals surface area contributed by atoms with Gasteiger partial charge in [-0.3, -0.25) is 4.79 Å². The van der Waals surface area contributed by atoms with Gasteiger partial charge >= 0.3 is 6.03 Å². The molecular weight excluding hydrogens is 314 g/mol. The molecule has 0 spiro atoms. The largest absolute Gasteiger partial charge is 0.339 e. The molecule has 3 rings (SSSR count). The van der Waals surface area contributed by atoms with Crippen LogP contribution < -0.4 is 10.6 Å². The van der Waals surface area contributed by atoms with Gasteiger partial charge in [-0.1, -0.05) is 43.2 Å². The van der Waals surface area contributed by atoms with E-state index in [-0.39, 0.29) is 11.9 Å². The van der Waals surface area contributed by atoms with Crippen LogP contribution in [-0.2, 0) is 11.3 Å².